The van der Waals surface area contributed by atoms with Crippen LogP contribution in [0, 0.1) is 13.8 Å². The van der Waals surface area contributed by atoms with Crippen LogP contribution in [0.4, 0.5) is 0 Å². The Kier molecular flexibility index (Phi) is 11.7. The minimum atomic E-state index is 0.603. The van der Waals surface area contributed by atoms with E-state index in [0.29, 0.717) is 23.5 Å². The molecule has 0 aliphatic rings. The molecule has 0 amide bonds. The highest BCUT2D eigenvalue weighted by Crippen LogP contribution is 2.46. The molecule has 430 valence electrons. The first-order chi connectivity index (χ1) is 45.5. The molecule has 9 heteroatoms. The molecule has 14 aromatic carbocycles. The van der Waals surface area contributed by atoms with Crippen molar-refractivity contribution in [3.05, 3.63) is 284 Å². The third-order valence-electron chi connectivity index (χ3n) is 18.7. The summed E-state index contributed by atoms with van der Waals surface area (Å²) in [6.45, 7) is 4.34. The third-order valence-corrected chi connectivity index (χ3v) is 21.0. The van der Waals surface area contributed by atoms with Gasteiger partial charge >= 0.3 is 0 Å². The van der Waals surface area contributed by atoms with Gasteiger partial charge < -0.3 is 0 Å². The molecule has 0 aliphatic carbocycles. The average Bonchev–Trinajstić information content (AvgIpc) is 1.53. The first-order valence-electron chi connectivity index (χ1n) is 31.1. The van der Waals surface area contributed by atoms with E-state index in [1.807, 2.05) is 59.1 Å². The van der Waals surface area contributed by atoms with Gasteiger partial charge in [0.1, 0.15) is 0 Å². The Morgan fingerprint density at radius 3 is 1.40 bits per heavy atom. The first kappa shape index (κ1) is 52.4. The average molecular weight is 1210 g/mol. The maximum absolute atomic E-state index is 5.43. The maximum Gasteiger partial charge on any atom is 0.238 e. The highest BCUT2D eigenvalue weighted by Gasteiger charge is 2.24. The minimum Gasteiger partial charge on any atom is -0.277 e. The van der Waals surface area contributed by atoms with Crippen LogP contribution < -0.4 is 0 Å². The van der Waals surface area contributed by atoms with Crippen molar-refractivity contribution in [2.75, 3.05) is 0 Å². The van der Waals surface area contributed by atoms with Crippen molar-refractivity contribution in [1.82, 2.24) is 34.1 Å². The van der Waals surface area contributed by atoms with Crippen molar-refractivity contribution in [2.24, 2.45) is 0 Å². The first-order valence-corrected chi connectivity index (χ1v) is 32.7. The van der Waals surface area contributed by atoms with E-state index in [-0.39, 0.29) is 0 Å². The topological polar surface area (TPSA) is 74.3 Å². The number of rotatable bonds is 5. The molecular weight excluding hydrogens is 1160 g/mol. The number of para-hydroxylation sites is 3. The lowest BCUT2D eigenvalue weighted by Crippen LogP contribution is -2.06. The van der Waals surface area contributed by atoms with E-state index in [1.54, 1.807) is 0 Å². The summed E-state index contributed by atoms with van der Waals surface area (Å²) in [4.78, 5) is 25.9. The fraction of sp³-hybridized carbons (Fsp3) is 0.0241. The quantitative estimate of drug-likeness (QED) is 0.161. The largest absolute Gasteiger partial charge is 0.277 e. The molecule has 0 fully saturated rings. The van der Waals surface area contributed by atoms with Crippen molar-refractivity contribution in [2.45, 2.75) is 13.8 Å². The summed E-state index contributed by atoms with van der Waals surface area (Å²) in [5.41, 5.74) is 11.8. The fourth-order valence-corrected chi connectivity index (χ4v) is 16.8. The molecule has 0 unspecified atom stereocenters. The molecule has 0 bridgehead atoms. The third kappa shape index (κ3) is 8.02. The van der Waals surface area contributed by atoms with E-state index in [0.717, 1.165) is 49.8 Å². The lowest BCUT2D eigenvalue weighted by atomic mass is 9.96. The standard InChI is InChI=1S/C42H27N3S.C41H24N4S/c1-24-10-9-11-25(2)38(24)40-32-13-3-6-15-34(32)43-42(44-40)45-35-16-7-4-12-28(35)31-20-18-27-26-22-23-37-39(29(26)19-21-30(27)41(31)45)33-14-5-8-17-36(33)46-37;1-3-11-25(12-4-1)39-42-40(26-13-5-2-6-14-26)44-41(43-39)45-35-17-9-7-15-29(35)32-22-21-28-31(38(32)45)20-19-27-23-34-30-16-8-10-18-36(30)46-37(34)24-33(27)28/h3-23H,1-2H3;1-24H. The van der Waals surface area contributed by atoms with Gasteiger partial charge in [-0.3, -0.25) is 9.13 Å². The number of hydrogen-bond donors (Lipinski definition) is 0. The summed E-state index contributed by atoms with van der Waals surface area (Å²) >= 11 is 3.73. The monoisotopic (exact) mass is 1210 g/mol. The van der Waals surface area contributed by atoms with Gasteiger partial charge in [-0.2, -0.15) is 9.97 Å². The molecule has 0 radical (unpaired) electrons. The molecule has 6 aromatic heterocycles. The Hall–Kier alpha value is -11.5. The van der Waals surface area contributed by atoms with Gasteiger partial charge in [0.15, 0.2) is 11.6 Å². The van der Waals surface area contributed by atoms with Crippen molar-refractivity contribution >= 4 is 161 Å². The van der Waals surface area contributed by atoms with Crippen molar-refractivity contribution < 1.29 is 0 Å². The number of nitrogens with zero attached hydrogens (tertiary/aromatic N) is 7. The molecule has 7 nitrogen and oxygen atoms in total. The summed E-state index contributed by atoms with van der Waals surface area (Å²) in [5, 5.41) is 21.0. The second-order valence-corrected chi connectivity index (χ2v) is 26.1. The van der Waals surface area contributed by atoms with E-state index in [9.17, 15) is 0 Å². The summed E-state index contributed by atoms with van der Waals surface area (Å²) in [5.74, 6) is 2.59. The zero-order valence-electron chi connectivity index (χ0n) is 49.9. The van der Waals surface area contributed by atoms with E-state index < -0.39 is 0 Å². The molecule has 0 saturated carbocycles. The van der Waals surface area contributed by atoms with Gasteiger partial charge in [-0.25, -0.2) is 15.0 Å². The van der Waals surface area contributed by atoms with Crippen LogP contribution in [0.5, 0.6) is 0 Å². The SMILES string of the molecule is Cc1cccc(C)c1-c1nc(-n2c3ccccc3c3ccc4c5ccc6sc7ccccc7c6c5ccc4c32)nc2ccccc12.c1ccc(-c2nc(-c3ccccc3)nc(-n3c4ccccc4c4ccc5c6cc7sc8ccccc8c7cc6ccc5c43)n2)cc1. The highest BCUT2D eigenvalue weighted by molar-refractivity contribution is 7.26. The predicted molar refractivity (Wildman–Crippen MR) is 390 cm³/mol. The van der Waals surface area contributed by atoms with E-state index in [1.165, 1.54) is 122 Å². The zero-order valence-corrected chi connectivity index (χ0v) is 51.6. The molecule has 0 N–H and O–H groups in total. The van der Waals surface area contributed by atoms with Crippen molar-refractivity contribution in [1.29, 1.82) is 0 Å². The van der Waals surface area contributed by atoms with Gasteiger partial charge in [0, 0.05) is 94.7 Å². The summed E-state index contributed by atoms with van der Waals surface area (Å²) in [7, 11) is 0. The zero-order chi connectivity index (χ0) is 60.7. The lowest BCUT2D eigenvalue weighted by molar-refractivity contribution is 0.955. The van der Waals surface area contributed by atoms with Crippen LogP contribution in [0.2, 0.25) is 0 Å². The van der Waals surface area contributed by atoms with Crippen LogP contribution in [-0.4, -0.2) is 34.1 Å². The van der Waals surface area contributed by atoms with Gasteiger partial charge in [-0.05, 0) is 106 Å². The molecule has 20 rings (SSSR count). The molecule has 0 atom stereocenters. The van der Waals surface area contributed by atoms with E-state index in [2.05, 4.69) is 260 Å². The maximum atomic E-state index is 5.43. The van der Waals surface area contributed by atoms with E-state index in [4.69, 9.17) is 24.9 Å². The van der Waals surface area contributed by atoms with Crippen LogP contribution in [0.3, 0.4) is 0 Å². The Morgan fingerprint density at radius 1 is 0.283 bits per heavy atom. The Balaban J connectivity index is 0.000000132. The Bertz CT molecular complexity index is 6400. The number of aryl methyl sites for hydroxylation is 2. The number of aromatic nitrogens is 7. The van der Waals surface area contributed by atoms with Gasteiger partial charge in [0.2, 0.25) is 11.9 Å². The number of fused-ring (bicyclic) bond motifs is 22. The molecule has 0 saturated heterocycles. The summed E-state index contributed by atoms with van der Waals surface area (Å²) in [6.07, 6.45) is 0. The second kappa shape index (κ2) is 20.5. The van der Waals surface area contributed by atoms with Gasteiger partial charge in [-0.1, -0.05) is 224 Å². The number of thiophene rings is 2. The van der Waals surface area contributed by atoms with Gasteiger partial charge in [0.05, 0.1) is 33.3 Å². The molecular formula is C83H51N7S2. The second-order valence-electron chi connectivity index (χ2n) is 23.9. The van der Waals surface area contributed by atoms with Crippen molar-refractivity contribution in [3.8, 4) is 45.9 Å². The Labute approximate surface area is 535 Å². The fourth-order valence-electron chi connectivity index (χ4n) is 14.6. The van der Waals surface area contributed by atoms with Crippen LogP contribution in [0.25, 0.3) is 184 Å². The Morgan fingerprint density at radius 2 is 0.750 bits per heavy atom. The van der Waals surface area contributed by atoms with Crippen molar-refractivity contribution in [3.63, 3.8) is 0 Å². The molecule has 0 spiro atoms. The van der Waals surface area contributed by atoms with Gasteiger partial charge in [-0.15, -0.1) is 22.7 Å². The summed E-state index contributed by atoms with van der Waals surface area (Å²) in [6, 6.07) is 97.5. The molecule has 92 heavy (non-hydrogen) atoms. The van der Waals surface area contributed by atoms with Crippen LogP contribution >= 0.6 is 22.7 Å². The number of benzene rings is 14. The lowest BCUT2D eigenvalue weighted by Gasteiger charge is -2.15. The molecule has 20 aromatic rings. The van der Waals surface area contributed by atoms with Crippen LogP contribution in [0.1, 0.15) is 11.1 Å². The molecule has 6 heterocycles. The summed E-state index contributed by atoms with van der Waals surface area (Å²) < 4.78 is 9.80. The van der Waals surface area contributed by atoms with Gasteiger partial charge in [0.25, 0.3) is 0 Å². The molecule has 0 aliphatic heterocycles. The normalized spacial score (nSPS) is 12.0. The smallest absolute Gasteiger partial charge is 0.238 e. The highest BCUT2D eigenvalue weighted by atomic mass is 32.1. The number of hydrogen-bond acceptors (Lipinski definition) is 7. The minimum absolute atomic E-state index is 0.603. The van der Waals surface area contributed by atoms with Crippen LogP contribution in [-0.2, 0) is 0 Å². The van der Waals surface area contributed by atoms with E-state index >= 15 is 0 Å². The predicted octanol–water partition coefficient (Wildman–Crippen LogP) is 22.7. The van der Waals surface area contributed by atoms with Crippen LogP contribution in [0.15, 0.2) is 273 Å².